The number of rotatable bonds is 1. The van der Waals surface area contributed by atoms with Gasteiger partial charge in [0.25, 0.3) is 0 Å². The Hall–Kier alpha value is -1.000. The SMILES string of the molecule is O=C1CCOC(c2ccc(F)c(Cl)c2F)C1. The summed E-state index contributed by atoms with van der Waals surface area (Å²) in [5, 5.41) is -0.556. The number of hydrogen-bond donors (Lipinski definition) is 0. The number of halogens is 3. The third-order valence-electron chi connectivity index (χ3n) is 2.52. The van der Waals surface area contributed by atoms with Crippen LogP contribution in [-0.2, 0) is 9.53 Å². The van der Waals surface area contributed by atoms with Crippen molar-refractivity contribution in [3.05, 3.63) is 34.4 Å². The van der Waals surface area contributed by atoms with E-state index in [1.165, 1.54) is 6.07 Å². The zero-order chi connectivity index (χ0) is 11.7. The Bertz CT molecular complexity index is 434. The van der Waals surface area contributed by atoms with Crippen molar-refractivity contribution in [2.24, 2.45) is 0 Å². The van der Waals surface area contributed by atoms with Crippen LogP contribution in [0.5, 0.6) is 0 Å². The molecule has 0 radical (unpaired) electrons. The predicted molar refractivity (Wildman–Crippen MR) is 54.3 cm³/mol. The second-order valence-corrected chi connectivity index (χ2v) is 3.99. The van der Waals surface area contributed by atoms with Gasteiger partial charge in [0, 0.05) is 18.4 Å². The molecular weight excluding hydrogens is 238 g/mol. The molecule has 2 rings (SSSR count). The number of carbonyl (C=O) groups excluding carboxylic acids is 1. The highest BCUT2D eigenvalue weighted by molar-refractivity contribution is 6.30. The third-order valence-corrected chi connectivity index (χ3v) is 2.87. The second kappa shape index (κ2) is 4.47. The molecule has 1 aliphatic heterocycles. The minimum absolute atomic E-state index is 0.0103. The average molecular weight is 247 g/mol. The highest BCUT2D eigenvalue weighted by Gasteiger charge is 2.26. The van der Waals surface area contributed by atoms with Gasteiger partial charge in [-0.1, -0.05) is 17.7 Å². The van der Waals surface area contributed by atoms with Gasteiger partial charge in [-0.25, -0.2) is 8.78 Å². The van der Waals surface area contributed by atoms with Gasteiger partial charge in [-0.05, 0) is 6.07 Å². The summed E-state index contributed by atoms with van der Waals surface area (Å²) >= 11 is 5.45. The lowest BCUT2D eigenvalue weighted by molar-refractivity contribution is -0.128. The van der Waals surface area contributed by atoms with Crippen molar-refractivity contribution in [3.8, 4) is 0 Å². The van der Waals surface area contributed by atoms with Crippen LogP contribution >= 0.6 is 11.6 Å². The van der Waals surface area contributed by atoms with Gasteiger partial charge in [0.2, 0.25) is 0 Å². The lowest BCUT2D eigenvalue weighted by Gasteiger charge is -2.22. The zero-order valence-electron chi connectivity index (χ0n) is 8.30. The minimum atomic E-state index is -0.846. The summed E-state index contributed by atoms with van der Waals surface area (Å²) in [6, 6.07) is 2.34. The lowest BCUT2D eigenvalue weighted by Crippen LogP contribution is -2.20. The highest BCUT2D eigenvalue weighted by Crippen LogP contribution is 2.32. The summed E-state index contributed by atoms with van der Waals surface area (Å²) in [5.41, 5.74) is 0.138. The van der Waals surface area contributed by atoms with Crippen molar-refractivity contribution < 1.29 is 18.3 Å². The normalized spacial score (nSPS) is 21.2. The van der Waals surface area contributed by atoms with Gasteiger partial charge in [0.1, 0.15) is 16.6 Å². The summed E-state index contributed by atoms with van der Waals surface area (Å²) in [7, 11) is 0. The van der Waals surface area contributed by atoms with E-state index in [1.54, 1.807) is 0 Å². The van der Waals surface area contributed by atoms with Gasteiger partial charge < -0.3 is 4.74 Å². The second-order valence-electron chi connectivity index (χ2n) is 3.62. The number of ether oxygens (including phenoxy) is 1. The van der Waals surface area contributed by atoms with E-state index < -0.39 is 22.8 Å². The fraction of sp³-hybridized carbons (Fsp3) is 0.364. The minimum Gasteiger partial charge on any atom is -0.372 e. The van der Waals surface area contributed by atoms with E-state index in [2.05, 4.69) is 0 Å². The summed E-state index contributed by atoms with van der Waals surface area (Å²) in [4.78, 5) is 11.2. The molecule has 0 aromatic heterocycles. The maximum atomic E-state index is 13.6. The van der Waals surface area contributed by atoms with Gasteiger partial charge in [-0.15, -0.1) is 0 Å². The molecule has 0 aliphatic carbocycles. The number of benzene rings is 1. The molecule has 1 saturated heterocycles. The molecular formula is C11H9ClF2O2. The Morgan fingerprint density at radius 1 is 1.38 bits per heavy atom. The summed E-state index contributed by atoms with van der Waals surface area (Å²) in [5.74, 6) is -1.65. The molecule has 0 saturated carbocycles. The van der Waals surface area contributed by atoms with Crippen molar-refractivity contribution in [3.63, 3.8) is 0 Å². The highest BCUT2D eigenvalue weighted by atomic mass is 35.5. The monoisotopic (exact) mass is 246 g/mol. The number of hydrogen-bond acceptors (Lipinski definition) is 2. The first-order valence-electron chi connectivity index (χ1n) is 4.86. The van der Waals surface area contributed by atoms with Crippen LogP contribution in [0.4, 0.5) is 8.78 Å². The lowest BCUT2D eigenvalue weighted by atomic mass is 10.00. The molecule has 0 amide bonds. The molecule has 2 nitrogen and oxygen atoms in total. The molecule has 0 spiro atoms. The Balaban J connectivity index is 2.33. The maximum absolute atomic E-state index is 13.6. The van der Waals surface area contributed by atoms with Crippen LogP contribution < -0.4 is 0 Å². The predicted octanol–water partition coefficient (Wildman–Crippen LogP) is 3.04. The number of carbonyl (C=O) groups is 1. The van der Waals surface area contributed by atoms with Gasteiger partial charge in [-0.2, -0.15) is 0 Å². The Morgan fingerprint density at radius 2 is 2.12 bits per heavy atom. The van der Waals surface area contributed by atoms with Gasteiger partial charge in [-0.3, -0.25) is 4.79 Å². The Kier molecular flexibility index (Phi) is 3.21. The zero-order valence-corrected chi connectivity index (χ0v) is 9.06. The quantitative estimate of drug-likeness (QED) is 0.712. The van der Waals surface area contributed by atoms with E-state index in [0.29, 0.717) is 6.42 Å². The van der Waals surface area contributed by atoms with Crippen molar-refractivity contribution in [2.45, 2.75) is 18.9 Å². The fourth-order valence-corrected chi connectivity index (χ4v) is 1.84. The topological polar surface area (TPSA) is 26.3 Å². The van der Waals surface area contributed by atoms with Crippen molar-refractivity contribution in [2.75, 3.05) is 6.61 Å². The molecule has 5 heteroatoms. The van der Waals surface area contributed by atoms with Gasteiger partial charge in [0.15, 0.2) is 5.82 Å². The molecule has 1 fully saturated rings. The molecule has 16 heavy (non-hydrogen) atoms. The van der Waals surface area contributed by atoms with Crippen LogP contribution in [0.2, 0.25) is 5.02 Å². The summed E-state index contributed by atoms with van der Waals surface area (Å²) in [6.07, 6.45) is -0.203. The molecule has 1 aromatic rings. The molecule has 1 atom stereocenters. The van der Waals surface area contributed by atoms with Crippen LogP contribution in [0.15, 0.2) is 12.1 Å². The van der Waals surface area contributed by atoms with E-state index in [0.717, 1.165) is 6.07 Å². The summed E-state index contributed by atoms with van der Waals surface area (Å²) < 4.78 is 31.8. The maximum Gasteiger partial charge on any atom is 0.150 e. The summed E-state index contributed by atoms with van der Waals surface area (Å²) in [6.45, 7) is 0.262. The molecule has 86 valence electrons. The Morgan fingerprint density at radius 3 is 2.81 bits per heavy atom. The molecule has 1 heterocycles. The fourth-order valence-electron chi connectivity index (χ4n) is 1.67. The van der Waals surface area contributed by atoms with Gasteiger partial charge in [0.05, 0.1) is 12.7 Å². The van der Waals surface area contributed by atoms with Crippen LogP contribution in [0.1, 0.15) is 24.5 Å². The van der Waals surface area contributed by atoms with Crippen LogP contribution in [0.3, 0.4) is 0 Å². The molecule has 1 aliphatic rings. The molecule has 0 N–H and O–H groups in total. The van der Waals surface area contributed by atoms with Gasteiger partial charge >= 0.3 is 0 Å². The average Bonchev–Trinajstić information content (AvgIpc) is 2.26. The smallest absolute Gasteiger partial charge is 0.150 e. The largest absolute Gasteiger partial charge is 0.372 e. The first-order chi connectivity index (χ1) is 7.59. The van der Waals surface area contributed by atoms with Crippen LogP contribution in [-0.4, -0.2) is 12.4 Å². The van der Waals surface area contributed by atoms with E-state index in [-0.39, 0.29) is 24.4 Å². The van der Waals surface area contributed by atoms with E-state index in [1.807, 2.05) is 0 Å². The molecule has 1 aromatic carbocycles. The Labute approximate surface area is 96.2 Å². The molecule has 1 unspecified atom stereocenters. The first kappa shape index (κ1) is 11.5. The first-order valence-corrected chi connectivity index (χ1v) is 5.24. The van der Waals surface area contributed by atoms with E-state index >= 15 is 0 Å². The van der Waals surface area contributed by atoms with Crippen molar-refractivity contribution in [1.29, 1.82) is 0 Å². The van der Waals surface area contributed by atoms with Crippen molar-refractivity contribution >= 4 is 17.4 Å². The third kappa shape index (κ3) is 2.08. The van der Waals surface area contributed by atoms with Crippen LogP contribution in [0.25, 0.3) is 0 Å². The number of ketones is 1. The van der Waals surface area contributed by atoms with E-state index in [4.69, 9.17) is 16.3 Å². The van der Waals surface area contributed by atoms with Crippen LogP contribution in [0, 0.1) is 11.6 Å². The van der Waals surface area contributed by atoms with E-state index in [9.17, 15) is 13.6 Å². The number of Topliss-reactive ketones (excluding diaryl/α,β-unsaturated/α-hetero) is 1. The standard InChI is InChI=1S/C11H9ClF2O2/c12-10-8(13)2-1-7(11(10)14)9-5-6(15)3-4-16-9/h1-2,9H,3-5H2. The molecule has 0 bridgehead atoms. The van der Waals surface area contributed by atoms with Crippen molar-refractivity contribution in [1.82, 2.24) is 0 Å².